The summed E-state index contributed by atoms with van der Waals surface area (Å²) in [6, 6.07) is 17.6. The van der Waals surface area contributed by atoms with Gasteiger partial charge in [-0.05, 0) is 82.5 Å². The van der Waals surface area contributed by atoms with Gasteiger partial charge in [0.15, 0.2) is 0 Å². The maximum absolute atomic E-state index is 12.4. The van der Waals surface area contributed by atoms with E-state index in [1.165, 1.54) is 36.9 Å². The van der Waals surface area contributed by atoms with Crippen LogP contribution in [-0.2, 0) is 9.53 Å². The summed E-state index contributed by atoms with van der Waals surface area (Å²) < 4.78 is 5.28. The molecule has 9 nitrogen and oxygen atoms in total. The van der Waals surface area contributed by atoms with Gasteiger partial charge in [-0.15, -0.1) is 0 Å². The lowest BCUT2D eigenvalue weighted by atomic mass is 10.1. The first-order chi connectivity index (χ1) is 18.2. The Morgan fingerprint density at radius 2 is 1.61 bits per heavy atom. The van der Waals surface area contributed by atoms with Crippen LogP contribution >= 0.6 is 0 Å². The lowest BCUT2D eigenvalue weighted by Crippen LogP contribution is -2.38. The Kier molecular flexibility index (Phi) is 8.45. The summed E-state index contributed by atoms with van der Waals surface area (Å²) in [7, 11) is 1.53. The molecule has 0 atom stereocenters. The highest BCUT2D eigenvalue weighted by Gasteiger charge is 2.21. The minimum atomic E-state index is -0.620. The zero-order valence-corrected chi connectivity index (χ0v) is 22.5. The predicted octanol–water partition coefficient (Wildman–Crippen LogP) is 5.68. The Morgan fingerprint density at radius 1 is 0.947 bits per heavy atom. The highest BCUT2D eigenvalue weighted by molar-refractivity contribution is 5.94. The fourth-order valence-electron chi connectivity index (χ4n) is 4.16. The van der Waals surface area contributed by atoms with Crippen LogP contribution in [0, 0.1) is 0 Å². The number of hydrogen-bond donors (Lipinski definition) is 2. The number of nitrogens with one attached hydrogen (secondary N) is 2. The first-order valence-corrected chi connectivity index (χ1v) is 13.0. The fraction of sp³-hybridized carbons (Fsp3) is 0.379. The number of carbonyl (C=O) groups excluding carboxylic acids is 2. The molecule has 4 rings (SSSR count). The van der Waals surface area contributed by atoms with Crippen molar-refractivity contribution >= 4 is 35.0 Å². The SMILES string of the molecule is CN(CC(=O)Nc1ccc(-c2ccnc(Nc3ccc(N4CCCCC4)cc3)n2)cc1)C(=O)OC(C)(C)C. The van der Waals surface area contributed by atoms with Crippen molar-refractivity contribution in [3.05, 3.63) is 60.8 Å². The topological polar surface area (TPSA) is 99.7 Å². The molecule has 1 aromatic heterocycles. The van der Waals surface area contributed by atoms with Crippen LogP contribution in [0.4, 0.5) is 27.8 Å². The van der Waals surface area contributed by atoms with E-state index in [0.29, 0.717) is 11.6 Å². The fourth-order valence-corrected chi connectivity index (χ4v) is 4.16. The predicted molar refractivity (Wildman–Crippen MR) is 151 cm³/mol. The lowest BCUT2D eigenvalue weighted by Gasteiger charge is -2.28. The molecule has 2 amide bonds. The minimum Gasteiger partial charge on any atom is -0.444 e. The molecule has 0 radical (unpaired) electrons. The Balaban J connectivity index is 1.33. The zero-order chi connectivity index (χ0) is 27.1. The summed E-state index contributed by atoms with van der Waals surface area (Å²) >= 11 is 0. The molecule has 2 aromatic carbocycles. The molecule has 38 heavy (non-hydrogen) atoms. The van der Waals surface area contributed by atoms with Crippen LogP contribution in [0.5, 0.6) is 0 Å². The van der Waals surface area contributed by atoms with E-state index in [1.54, 1.807) is 39.1 Å². The number of carbonyl (C=O) groups is 2. The normalized spacial score (nSPS) is 13.5. The molecular weight excluding hydrogens is 480 g/mol. The van der Waals surface area contributed by atoms with Crippen LogP contribution in [0.3, 0.4) is 0 Å². The van der Waals surface area contributed by atoms with Gasteiger partial charge >= 0.3 is 6.09 Å². The van der Waals surface area contributed by atoms with E-state index >= 15 is 0 Å². The van der Waals surface area contributed by atoms with Crippen LogP contribution < -0.4 is 15.5 Å². The Labute approximate surface area is 224 Å². The zero-order valence-electron chi connectivity index (χ0n) is 22.5. The molecule has 0 unspecified atom stereocenters. The van der Waals surface area contributed by atoms with E-state index < -0.39 is 11.7 Å². The molecule has 0 aliphatic carbocycles. The van der Waals surface area contributed by atoms with Gasteiger partial charge in [0.2, 0.25) is 11.9 Å². The van der Waals surface area contributed by atoms with Crippen LogP contribution in [-0.4, -0.2) is 59.2 Å². The second kappa shape index (κ2) is 11.9. The molecule has 0 bridgehead atoms. The van der Waals surface area contributed by atoms with Gasteiger partial charge < -0.3 is 25.2 Å². The van der Waals surface area contributed by atoms with Crippen molar-refractivity contribution in [2.24, 2.45) is 0 Å². The largest absolute Gasteiger partial charge is 0.444 e. The number of rotatable bonds is 7. The molecule has 1 aliphatic heterocycles. The van der Waals surface area contributed by atoms with Crippen molar-refractivity contribution in [3.8, 4) is 11.3 Å². The number of piperidine rings is 1. The third-order valence-corrected chi connectivity index (χ3v) is 6.05. The molecule has 2 N–H and O–H groups in total. The summed E-state index contributed by atoms with van der Waals surface area (Å²) in [6.45, 7) is 7.46. The lowest BCUT2D eigenvalue weighted by molar-refractivity contribution is -0.117. The molecule has 1 fully saturated rings. The number of hydrogen-bond acceptors (Lipinski definition) is 7. The molecule has 3 aromatic rings. The van der Waals surface area contributed by atoms with Crippen molar-refractivity contribution in [1.82, 2.24) is 14.9 Å². The quantitative estimate of drug-likeness (QED) is 0.417. The van der Waals surface area contributed by atoms with E-state index in [4.69, 9.17) is 4.74 Å². The molecule has 2 heterocycles. The van der Waals surface area contributed by atoms with E-state index in [2.05, 4.69) is 49.8 Å². The molecular formula is C29H36N6O3. The number of likely N-dealkylation sites (N-methyl/N-ethyl adjacent to an activating group) is 1. The van der Waals surface area contributed by atoms with Gasteiger partial charge in [-0.25, -0.2) is 14.8 Å². The molecule has 1 saturated heterocycles. The first kappa shape index (κ1) is 26.9. The minimum absolute atomic E-state index is 0.114. The average molecular weight is 517 g/mol. The van der Waals surface area contributed by atoms with E-state index in [1.807, 2.05) is 18.2 Å². The van der Waals surface area contributed by atoms with E-state index in [-0.39, 0.29) is 12.5 Å². The Bertz CT molecular complexity index is 1230. The van der Waals surface area contributed by atoms with Crippen LogP contribution in [0.15, 0.2) is 60.8 Å². The monoisotopic (exact) mass is 516 g/mol. The summed E-state index contributed by atoms with van der Waals surface area (Å²) in [4.78, 5) is 37.1. The van der Waals surface area contributed by atoms with Gasteiger partial charge in [0.1, 0.15) is 12.1 Å². The number of ether oxygens (including phenoxy) is 1. The van der Waals surface area contributed by atoms with Crippen molar-refractivity contribution in [3.63, 3.8) is 0 Å². The standard InChI is InChI=1S/C29H36N6O3/c1-29(2,3)38-28(37)34(4)20-26(36)31-22-10-8-21(9-11-22)25-16-17-30-27(33-25)32-23-12-14-24(15-13-23)35-18-6-5-7-19-35/h8-17H,5-7,18-20H2,1-4H3,(H,31,36)(H,30,32,33). The summed E-state index contributed by atoms with van der Waals surface area (Å²) in [6.07, 6.45) is 4.98. The molecule has 0 spiro atoms. The van der Waals surface area contributed by atoms with Gasteiger partial charge in [0, 0.05) is 49.0 Å². The third kappa shape index (κ3) is 7.68. The van der Waals surface area contributed by atoms with Crippen LogP contribution in [0.2, 0.25) is 0 Å². The smallest absolute Gasteiger partial charge is 0.410 e. The van der Waals surface area contributed by atoms with Crippen molar-refractivity contribution in [1.29, 1.82) is 0 Å². The Morgan fingerprint density at radius 3 is 2.26 bits per heavy atom. The van der Waals surface area contributed by atoms with Gasteiger partial charge in [0.25, 0.3) is 0 Å². The van der Waals surface area contributed by atoms with Crippen molar-refractivity contribution in [2.75, 3.05) is 42.2 Å². The molecule has 1 aliphatic rings. The summed E-state index contributed by atoms with van der Waals surface area (Å²) in [5.74, 6) is 0.196. The van der Waals surface area contributed by atoms with Crippen LogP contribution in [0.25, 0.3) is 11.3 Å². The average Bonchev–Trinajstić information content (AvgIpc) is 2.89. The number of amides is 2. The van der Waals surface area contributed by atoms with Gasteiger partial charge in [-0.1, -0.05) is 12.1 Å². The first-order valence-electron chi connectivity index (χ1n) is 13.0. The highest BCUT2D eigenvalue weighted by atomic mass is 16.6. The molecule has 200 valence electrons. The van der Waals surface area contributed by atoms with Crippen LogP contribution in [0.1, 0.15) is 40.0 Å². The second-order valence-electron chi connectivity index (χ2n) is 10.4. The molecule has 0 saturated carbocycles. The maximum atomic E-state index is 12.4. The Hall–Kier alpha value is -4.14. The third-order valence-electron chi connectivity index (χ3n) is 6.05. The highest BCUT2D eigenvalue weighted by Crippen LogP contribution is 2.24. The van der Waals surface area contributed by atoms with Crippen molar-refractivity contribution in [2.45, 2.75) is 45.6 Å². The van der Waals surface area contributed by atoms with Gasteiger partial charge in [0.05, 0.1) is 5.69 Å². The summed E-state index contributed by atoms with van der Waals surface area (Å²) in [5, 5.41) is 6.09. The number of benzene rings is 2. The second-order valence-corrected chi connectivity index (χ2v) is 10.4. The van der Waals surface area contributed by atoms with Gasteiger partial charge in [-0.3, -0.25) is 4.79 Å². The number of aromatic nitrogens is 2. The number of nitrogens with zero attached hydrogens (tertiary/aromatic N) is 4. The van der Waals surface area contributed by atoms with E-state index in [9.17, 15) is 9.59 Å². The maximum Gasteiger partial charge on any atom is 0.410 e. The molecule has 9 heteroatoms. The van der Waals surface area contributed by atoms with Crippen molar-refractivity contribution < 1.29 is 14.3 Å². The number of anilines is 4. The van der Waals surface area contributed by atoms with Gasteiger partial charge in [-0.2, -0.15) is 0 Å². The summed E-state index contributed by atoms with van der Waals surface area (Å²) in [5.41, 5.74) is 3.82. The van der Waals surface area contributed by atoms with E-state index in [0.717, 1.165) is 30.0 Å².